The molecular formula is C14H13F3N2. The molecule has 100 valence electrons. The van der Waals surface area contributed by atoms with Crippen molar-refractivity contribution in [3.8, 4) is 0 Å². The summed E-state index contributed by atoms with van der Waals surface area (Å²) < 4.78 is 37.1. The maximum absolute atomic E-state index is 12.4. The Bertz CT molecular complexity index is 530. The van der Waals surface area contributed by atoms with Crippen molar-refractivity contribution in [2.45, 2.75) is 19.6 Å². The van der Waals surface area contributed by atoms with Crippen molar-refractivity contribution in [2.24, 2.45) is 0 Å². The molecule has 0 spiro atoms. The van der Waals surface area contributed by atoms with Crippen LogP contribution in [0.5, 0.6) is 0 Å². The third-order valence-corrected chi connectivity index (χ3v) is 2.66. The fraction of sp³-hybridized carbons (Fsp3) is 0.214. The van der Waals surface area contributed by atoms with E-state index >= 15 is 0 Å². The van der Waals surface area contributed by atoms with Gasteiger partial charge in [-0.2, -0.15) is 13.2 Å². The summed E-state index contributed by atoms with van der Waals surface area (Å²) in [5, 5.41) is 3.03. The van der Waals surface area contributed by atoms with Crippen LogP contribution in [-0.4, -0.2) is 4.98 Å². The van der Waals surface area contributed by atoms with Gasteiger partial charge in [0, 0.05) is 11.9 Å². The monoisotopic (exact) mass is 266 g/mol. The fourth-order valence-corrected chi connectivity index (χ4v) is 1.57. The van der Waals surface area contributed by atoms with Gasteiger partial charge >= 0.3 is 6.18 Å². The van der Waals surface area contributed by atoms with Crippen molar-refractivity contribution in [1.82, 2.24) is 4.98 Å². The quantitative estimate of drug-likeness (QED) is 0.907. The van der Waals surface area contributed by atoms with E-state index in [0.29, 0.717) is 12.2 Å². The Morgan fingerprint density at radius 3 is 2.26 bits per heavy atom. The number of nitrogens with zero attached hydrogens (tertiary/aromatic N) is 1. The van der Waals surface area contributed by atoms with Crippen molar-refractivity contribution in [3.63, 3.8) is 0 Å². The second-order valence-corrected chi connectivity index (χ2v) is 4.26. The average molecular weight is 266 g/mol. The van der Waals surface area contributed by atoms with E-state index < -0.39 is 11.7 Å². The van der Waals surface area contributed by atoms with E-state index in [1.807, 2.05) is 19.1 Å². The topological polar surface area (TPSA) is 24.9 Å². The lowest BCUT2D eigenvalue weighted by atomic mass is 10.2. The molecule has 0 radical (unpaired) electrons. The van der Waals surface area contributed by atoms with E-state index in [-0.39, 0.29) is 0 Å². The first-order valence-corrected chi connectivity index (χ1v) is 5.78. The van der Waals surface area contributed by atoms with Crippen LogP contribution >= 0.6 is 0 Å². The Labute approximate surface area is 109 Å². The number of hydrogen-bond donors (Lipinski definition) is 1. The lowest BCUT2D eigenvalue weighted by Gasteiger charge is -2.09. The van der Waals surface area contributed by atoms with E-state index in [0.717, 1.165) is 23.4 Å². The van der Waals surface area contributed by atoms with Crippen LogP contribution in [0.4, 0.5) is 18.9 Å². The first-order valence-electron chi connectivity index (χ1n) is 5.78. The molecule has 0 bridgehead atoms. The second kappa shape index (κ2) is 5.30. The predicted octanol–water partition coefficient (Wildman–Crippen LogP) is 4.02. The second-order valence-electron chi connectivity index (χ2n) is 4.26. The SMILES string of the molecule is Cc1ccc(CNc2ccc(C(F)(F)F)cc2)nc1. The van der Waals surface area contributed by atoms with E-state index in [1.165, 1.54) is 12.1 Å². The molecule has 0 aliphatic heterocycles. The van der Waals surface area contributed by atoms with Gasteiger partial charge in [0.05, 0.1) is 17.8 Å². The van der Waals surface area contributed by atoms with Crippen molar-refractivity contribution >= 4 is 5.69 Å². The highest BCUT2D eigenvalue weighted by atomic mass is 19.4. The molecule has 1 heterocycles. The lowest BCUT2D eigenvalue weighted by molar-refractivity contribution is -0.137. The van der Waals surface area contributed by atoms with Gasteiger partial charge in [0.15, 0.2) is 0 Å². The summed E-state index contributed by atoms with van der Waals surface area (Å²) in [5.74, 6) is 0. The van der Waals surface area contributed by atoms with Gasteiger partial charge in [-0.15, -0.1) is 0 Å². The Hall–Kier alpha value is -2.04. The van der Waals surface area contributed by atoms with Crippen LogP contribution in [0.1, 0.15) is 16.8 Å². The number of halogens is 3. The normalized spacial score (nSPS) is 11.4. The van der Waals surface area contributed by atoms with Gasteiger partial charge in [-0.05, 0) is 42.8 Å². The Morgan fingerprint density at radius 1 is 1.05 bits per heavy atom. The maximum atomic E-state index is 12.4. The van der Waals surface area contributed by atoms with Gasteiger partial charge in [0.1, 0.15) is 0 Å². The van der Waals surface area contributed by atoms with E-state index in [9.17, 15) is 13.2 Å². The lowest BCUT2D eigenvalue weighted by Crippen LogP contribution is -2.05. The van der Waals surface area contributed by atoms with E-state index in [2.05, 4.69) is 10.3 Å². The molecule has 0 saturated carbocycles. The minimum Gasteiger partial charge on any atom is -0.379 e. The highest BCUT2D eigenvalue weighted by Crippen LogP contribution is 2.29. The van der Waals surface area contributed by atoms with Crippen LogP contribution in [-0.2, 0) is 12.7 Å². The van der Waals surface area contributed by atoms with Gasteiger partial charge in [0.25, 0.3) is 0 Å². The molecule has 0 amide bonds. The number of hydrogen-bond acceptors (Lipinski definition) is 2. The molecule has 1 aromatic carbocycles. The van der Waals surface area contributed by atoms with Gasteiger partial charge in [-0.3, -0.25) is 4.98 Å². The highest BCUT2D eigenvalue weighted by Gasteiger charge is 2.29. The molecule has 2 rings (SSSR count). The summed E-state index contributed by atoms with van der Waals surface area (Å²) in [6.45, 7) is 2.42. The molecule has 0 aliphatic carbocycles. The minimum atomic E-state index is -4.29. The van der Waals surface area contributed by atoms with Crippen molar-refractivity contribution in [1.29, 1.82) is 0 Å². The fourth-order valence-electron chi connectivity index (χ4n) is 1.57. The number of anilines is 1. The summed E-state index contributed by atoms with van der Waals surface area (Å²) in [6, 6.07) is 8.77. The van der Waals surface area contributed by atoms with E-state index in [4.69, 9.17) is 0 Å². The maximum Gasteiger partial charge on any atom is 0.416 e. The van der Waals surface area contributed by atoms with Crippen LogP contribution in [0.25, 0.3) is 0 Å². The van der Waals surface area contributed by atoms with E-state index in [1.54, 1.807) is 6.20 Å². The van der Waals surface area contributed by atoms with Gasteiger partial charge < -0.3 is 5.32 Å². The summed E-state index contributed by atoms with van der Waals surface area (Å²) in [7, 11) is 0. The van der Waals surface area contributed by atoms with Crippen molar-refractivity contribution in [2.75, 3.05) is 5.32 Å². The molecule has 0 fully saturated rings. The van der Waals surface area contributed by atoms with Crippen LogP contribution in [0.2, 0.25) is 0 Å². The molecule has 5 heteroatoms. The smallest absolute Gasteiger partial charge is 0.379 e. The Morgan fingerprint density at radius 2 is 1.74 bits per heavy atom. The molecule has 1 N–H and O–H groups in total. The third kappa shape index (κ3) is 3.71. The molecule has 2 aromatic rings. The molecule has 1 aromatic heterocycles. The summed E-state index contributed by atoms with van der Waals surface area (Å²) in [4.78, 5) is 4.21. The molecule has 0 atom stereocenters. The van der Waals surface area contributed by atoms with Crippen molar-refractivity contribution in [3.05, 3.63) is 59.4 Å². The Kier molecular flexibility index (Phi) is 3.74. The minimum absolute atomic E-state index is 0.478. The number of alkyl halides is 3. The average Bonchev–Trinajstić information content (AvgIpc) is 2.37. The molecule has 2 nitrogen and oxygen atoms in total. The number of pyridine rings is 1. The van der Waals surface area contributed by atoms with Crippen LogP contribution in [0, 0.1) is 6.92 Å². The van der Waals surface area contributed by atoms with Gasteiger partial charge in [-0.1, -0.05) is 6.07 Å². The van der Waals surface area contributed by atoms with Crippen LogP contribution in [0.3, 0.4) is 0 Å². The molecule has 19 heavy (non-hydrogen) atoms. The third-order valence-electron chi connectivity index (χ3n) is 2.66. The standard InChI is InChI=1S/C14H13F3N2/c1-10-2-5-13(18-8-10)9-19-12-6-3-11(4-7-12)14(15,16)17/h2-8,19H,9H2,1H3. The zero-order valence-electron chi connectivity index (χ0n) is 10.3. The Balaban J connectivity index is 1.98. The number of aromatic nitrogens is 1. The summed E-state index contributed by atoms with van der Waals surface area (Å²) in [6.07, 6.45) is -2.54. The molecule has 0 unspecified atom stereocenters. The number of benzene rings is 1. The first kappa shape index (κ1) is 13.4. The van der Waals surface area contributed by atoms with Gasteiger partial charge in [0.2, 0.25) is 0 Å². The number of rotatable bonds is 3. The zero-order chi connectivity index (χ0) is 13.9. The summed E-state index contributed by atoms with van der Waals surface area (Å²) >= 11 is 0. The van der Waals surface area contributed by atoms with Crippen molar-refractivity contribution < 1.29 is 13.2 Å². The summed E-state index contributed by atoms with van der Waals surface area (Å²) in [5.41, 5.74) is 1.89. The molecular weight excluding hydrogens is 253 g/mol. The largest absolute Gasteiger partial charge is 0.416 e. The highest BCUT2D eigenvalue weighted by molar-refractivity contribution is 5.45. The zero-order valence-corrected chi connectivity index (χ0v) is 10.3. The molecule has 0 saturated heterocycles. The number of nitrogens with one attached hydrogen (secondary N) is 1. The van der Waals surface area contributed by atoms with Crippen LogP contribution in [0.15, 0.2) is 42.6 Å². The van der Waals surface area contributed by atoms with Crippen LogP contribution < -0.4 is 5.32 Å². The molecule has 0 aliphatic rings. The number of aryl methyl sites for hydroxylation is 1. The van der Waals surface area contributed by atoms with Gasteiger partial charge in [-0.25, -0.2) is 0 Å². The first-order chi connectivity index (χ1) is 8.95. The predicted molar refractivity (Wildman–Crippen MR) is 67.7 cm³/mol.